The number of nitrogens with two attached hydrogens (primary N) is 1. The number of rotatable bonds is 5. The average molecular weight is 326 g/mol. The van der Waals surface area contributed by atoms with Gasteiger partial charge in [0.25, 0.3) is 5.91 Å². The number of nitrogens with zero attached hydrogens (tertiary/aromatic N) is 2. The van der Waals surface area contributed by atoms with Crippen LogP contribution in [0.3, 0.4) is 0 Å². The molecule has 9 heteroatoms. The van der Waals surface area contributed by atoms with E-state index in [0.717, 1.165) is 24.3 Å². The Morgan fingerprint density at radius 3 is 2.39 bits per heavy atom. The van der Waals surface area contributed by atoms with Gasteiger partial charge in [-0.3, -0.25) is 14.3 Å². The number of amides is 2. The van der Waals surface area contributed by atoms with Crippen molar-refractivity contribution >= 4 is 17.6 Å². The first kappa shape index (κ1) is 16.5. The largest absolute Gasteiger partial charge is 0.416 e. The number of carbonyl (C=O) groups is 2. The summed E-state index contributed by atoms with van der Waals surface area (Å²) in [5.74, 6) is -0.839. The van der Waals surface area contributed by atoms with Gasteiger partial charge in [0.1, 0.15) is 0 Å². The molecule has 0 radical (unpaired) electrons. The highest BCUT2D eigenvalue weighted by molar-refractivity contribution is 6.03. The van der Waals surface area contributed by atoms with Gasteiger partial charge in [-0.2, -0.15) is 18.3 Å². The van der Waals surface area contributed by atoms with E-state index >= 15 is 0 Å². The van der Waals surface area contributed by atoms with Crippen molar-refractivity contribution in [2.45, 2.75) is 19.1 Å². The van der Waals surface area contributed by atoms with Crippen LogP contribution in [0.15, 0.2) is 36.5 Å². The molecule has 0 aliphatic heterocycles. The lowest BCUT2D eigenvalue weighted by Gasteiger charge is -2.07. The second kappa shape index (κ2) is 6.51. The molecule has 6 nitrogen and oxygen atoms in total. The molecule has 122 valence electrons. The molecule has 0 saturated heterocycles. The molecule has 0 bridgehead atoms. The quantitative estimate of drug-likeness (QED) is 0.881. The average Bonchev–Trinajstić information content (AvgIpc) is 2.92. The third-order valence-corrected chi connectivity index (χ3v) is 2.94. The maximum Gasteiger partial charge on any atom is 0.416 e. The highest BCUT2D eigenvalue weighted by atomic mass is 19.4. The first-order valence-electron chi connectivity index (χ1n) is 6.56. The third-order valence-electron chi connectivity index (χ3n) is 2.94. The van der Waals surface area contributed by atoms with Crippen LogP contribution in [0, 0.1) is 0 Å². The van der Waals surface area contributed by atoms with Crippen molar-refractivity contribution < 1.29 is 22.8 Å². The molecule has 0 saturated carbocycles. The van der Waals surface area contributed by atoms with Gasteiger partial charge in [-0.15, -0.1) is 0 Å². The third kappa shape index (κ3) is 4.56. The van der Waals surface area contributed by atoms with Gasteiger partial charge in [-0.1, -0.05) is 0 Å². The molecular weight excluding hydrogens is 313 g/mol. The van der Waals surface area contributed by atoms with Crippen LogP contribution in [-0.2, 0) is 17.5 Å². The van der Waals surface area contributed by atoms with E-state index in [-0.39, 0.29) is 24.3 Å². The van der Waals surface area contributed by atoms with Crippen molar-refractivity contribution in [2.75, 3.05) is 5.32 Å². The molecule has 1 aromatic heterocycles. The zero-order valence-corrected chi connectivity index (χ0v) is 11.8. The van der Waals surface area contributed by atoms with Crippen molar-refractivity contribution in [3.05, 3.63) is 47.7 Å². The monoisotopic (exact) mass is 326 g/mol. The Labute approximate surface area is 129 Å². The second-order valence-corrected chi connectivity index (χ2v) is 4.71. The maximum absolute atomic E-state index is 12.5. The van der Waals surface area contributed by atoms with Crippen LogP contribution in [0.1, 0.15) is 22.3 Å². The standard InChI is InChI=1S/C14H13F3N4O2/c15-14(16,17)10-3-1-9(2-4-10)13(23)19-12-6-8-21(20-12)7-5-11(18)22/h1-4,6,8H,5,7H2,(H2,18,22)(H,19,20,23). The Morgan fingerprint density at radius 1 is 1.17 bits per heavy atom. The van der Waals surface area contributed by atoms with Crippen LogP contribution in [0.4, 0.5) is 19.0 Å². The van der Waals surface area contributed by atoms with Crippen molar-refractivity contribution in [2.24, 2.45) is 5.73 Å². The van der Waals surface area contributed by atoms with Crippen LogP contribution in [0.5, 0.6) is 0 Å². The molecule has 0 aliphatic carbocycles. The predicted octanol–water partition coefficient (Wildman–Crippen LogP) is 2.03. The van der Waals surface area contributed by atoms with Crippen molar-refractivity contribution in [3.63, 3.8) is 0 Å². The van der Waals surface area contributed by atoms with Crippen molar-refractivity contribution in [1.29, 1.82) is 0 Å². The topological polar surface area (TPSA) is 90.0 Å². The lowest BCUT2D eigenvalue weighted by Crippen LogP contribution is -2.15. The molecule has 2 amide bonds. The smallest absolute Gasteiger partial charge is 0.370 e. The number of primary amides is 1. The molecule has 0 aliphatic rings. The molecule has 2 rings (SSSR count). The summed E-state index contributed by atoms with van der Waals surface area (Å²) in [6.45, 7) is 0.269. The highest BCUT2D eigenvalue weighted by Crippen LogP contribution is 2.29. The molecule has 0 unspecified atom stereocenters. The minimum absolute atomic E-state index is 0.0738. The second-order valence-electron chi connectivity index (χ2n) is 4.71. The van der Waals surface area contributed by atoms with Gasteiger partial charge in [0, 0.05) is 30.8 Å². The predicted molar refractivity (Wildman–Crippen MR) is 75.4 cm³/mol. The fraction of sp³-hybridized carbons (Fsp3) is 0.214. The molecule has 23 heavy (non-hydrogen) atoms. The van der Waals surface area contributed by atoms with Gasteiger partial charge in [0.05, 0.1) is 5.56 Å². The maximum atomic E-state index is 12.5. The van der Waals surface area contributed by atoms with Gasteiger partial charge in [-0.05, 0) is 24.3 Å². The Kier molecular flexibility index (Phi) is 4.68. The molecule has 1 aromatic carbocycles. The Balaban J connectivity index is 2.00. The molecule has 0 spiro atoms. The number of hydrogen-bond donors (Lipinski definition) is 2. The molecular formula is C14H13F3N4O2. The number of benzene rings is 1. The fourth-order valence-corrected chi connectivity index (χ4v) is 1.78. The van der Waals surface area contributed by atoms with E-state index in [4.69, 9.17) is 5.73 Å². The molecule has 3 N–H and O–H groups in total. The summed E-state index contributed by atoms with van der Waals surface area (Å²) >= 11 is 0. The minimum atomic E-state index is -4.45. The number of aromatic nitrogens is 2. The summed E-state index contributed by atoms with van der Waals surface area (Å²) in [6, 6.07) is 5.34. The zero-order valence-electron chi connectivity index (χ0n) is 11.8. The number of hydrogen-bond acceptors (Lipinski definition) is 3. The molecule has 1 heterocycles. The van der Waals surface area contributed by atoms with E-state index in [1.165, 1.54) is 10.7 Å². The van der Waals surface area contributed by atoms with E-state index < -0.39 is 23.6 Å². The number of halogens is 3. The number of anilines is 1. The summed E-state index contributed by atoms with van der Waals surface area (Å²) in [7, 11) is 0. The summed E-state index contributed by atoms with van der Waals surface area (Å²) in [5, 5.41) is 6.46. The Bertz CT molecular complexity index is 708. The summed E-state index contributed by atoms with van der Waals surface area (Å²) in [6.07, 6.45) is -2.80. The van der Waals surface area contributed by atoms with E-state index in [1.54, 1.807) is 6.20 Å². The van der Waals surface area contributed by atoms with E-state index in [1.807, 2.05) is 0 Å². The van der Waals surface area contributed by atoms with E-state index in [9.17, 15) is 22.8 Å². The van der Waals surface area contributed by atoms with E-state index in [0.29, 0.717) is 0 Å². The first-order valence-corrected chi connectivity index (χ1v) is 6.56. The van der Waals surface area contributed by atoms with Gasteiger partial charge >= 0.3 is 6.18 Å². The first-order chi connectivity index (χ1) is 10.8. The van der Waals surface area contributed by atoms with Gasteiger partial charge < -0.3 is 11.1 Å². The van der Waals surface area contributed by atoms with Crippen molar-refractivity contribution in [1.82, 2.24) is 9.78 Å². The van der Waals surface area contributed by atoms with Crippen LogP contribution >= 0.6 is 0 Å². The molecule has 0 fully saturated rings. The normalized spacial score (nSPS) is 11.3. The van der Waals surface area contributed by atoms with Gasteiger partial charge in [0.15, 0.2) is 5.82 Å². The van der Waals surface area contributed by atoms with Gasteiger partial charge in [0.2, 0.25) is 5.91 Å². The van der Waals surface area contributed by atoms with Crippen LogP contribution in [0.25, 0.3) is 0 Å². The number of alkyl halides is 3. The zero-order chi connectivity index (χ0) is 17.0. The van der Waals surface area contributed by atoms with E-state index in [2.05, 4.69) is 10.4 Å². The fourth-order valence-electron chi connectivity index (χ4n) is 1.78. The highest BCUT2D eigenvalue weighted by Gasteiger charge is 2.30. The summed E-state index contributed by atoms with van der Waals surface area (Å²) in [4.78, 5) is 22.6. The molecule has 2 aromatic rings. The van der Waals surface area contributed by atoms with Crippen molar-refractivity contribution in [3.8, 4) is 0 Å². The Morgan fingerprint density at radius 2 is 1.83 bits per heavy atom. The number of aryl methyl sites for hydroxylation is 1. The number of nitrogens with one attached hydrogen (secondary N) is 1. The van der Waals surface area contributed by atoms with Crippen LogP contribution in [-0.4, -0.2) is 21.6 Å². The Hall–Kier alpha value is -2.84. The van der Waals surface area contributed by atoms with Crippen LogP contribution in [0.2, 0.25) is 0 Å². The lowest BCUT2D eigenvalue weighted by atomic mass is 10.1. The van der Waals surface area contributed by atoms with Gasteiger partial charge in [-0.25, -0.2) is 0 Å². The minimum Gasteiger partial charge on any atom is -0.370 e. The summed E-state index contributed by atoms with van der Waals surface area (Å²) in [5.41, 5.74) is 4.26. The number of carbonyl (C=O) groups excluding carboxylic acids is 2. The lowest BCUT2D eigenvalue weighted by molar-refractivity contribution is -0.137. The SMILES string of the molecule is NC(=O)CCn1ccc(NC(=O)c2ccc(C(F)(F)F)cc2)n1. The van der Waals surface area contributed by atoms with Crippen LogP contribution < -0.4 is 11.1 Å². The molecule has 0 atom stereocenters. The summed E-state index contributed by atoms with van der Waals surface area (Å²) < 4.78 is 38.8.